The number of pyridine rings is 4. The maximum Gasteiger partial charge on any atom is 0.166 e. The Hall–Kier alpha value is -9.66. The Labute approximate surface area is 534 Å². The number of benzene rings is 4. The number of carbonyl (C=O) groups is 4. The van der Waals surface area contributed by atoms with E-state index in [1.54, 1.807) is 73.3 Å². The third-order valence-corrected chi connectivity index (χ3v) is 18.6. The largest absolute Gasteiger partial charge is 0.453 e. The van der Waals surface area contributed by atoms with Gasteiger partial charge in [-0.25, -0.2) is 17.6 Å². The fourth-order valence-electron chi connectivity index (χ4n) is 12.6. The number of piperidine rings is 2. The number of aromatic nitrogens is 8. The molecule has 2 saturated carbocycles. The van der Waals surface area contributed by atoms with Crippen molar-refractivity contribution in [3.63, 3.8) is 0 Å². The van der Waals surface area contributed by atoms with E-state index in [0.717, 1.165) is 74.4 Å². The van der Waals surface area contributed by atoms with Crippen LogP contribution in [-0.4, -0.2) is 99.8 Å². The van der Waals surface area contributed by atoms with Crippen LogP contribution in [-0.2, 0) is 44.9 Å². The Bertz CT molecular complexity index is 4440. The normalized spacial score (nSPS) is 16.2. The van der Waals surface area contributed by atoms with Gasteiger partial charge in [-0.1, -0.05) is 36.4 Å². The van der Waals surface area contributed by atoms with Gasteiger partial charge in [-0.15, -0.1) is 0 Å². The van der Waals surface area contributed by atoms with E-state index in [9.17, 15) is 28.0 Å². The lowest BCUT2D eigenvalue weighted by Gasteiger charge is -2.34. The van der Waals surface area contributed by atoms with Gasteiger partial charge < -0.3 is 19.7 Å². The molecule has 4 aromatic carbocycles. The molecular weight excluding hydrogens is 1190 g/mol. The molecule has 0 bridgehead atoms. The molecular formula is C73H68F4N10O6. The number of halogens is 4. The molecule has 0 unspecified atom stereocenters. The number of rotatable bonds is 21. The van der Waals surface area contributed by atoms with E-state index in [2.05, 4.69) is 54.2 Å². The fraction of sp³-hybridized carbons (Fsp3) is 0.315. The summed E-state index contributed by atoms with van der Waals surface area (Å²) in [4.78, 5) is 73.1. The van der Waals surface area contributed by atoms with Gasteiger partial charge in [0.25, 0.3) is 0 Å². The van der Waals surface area contributed by atoms with Crippen LogP contribution in [0.15, 0.2) is 159 Å². The molecule has 0 radical (unpaired) electrons. The highest BCUT2D eigenvalue weighted by molar-refractivity contribution is 6.11. The molecule has 10 aromatic rings. The number of fused-ring (bicyclic) bond motifs is 2. The molecule has 2 aliphatic heterocycles. The lowest BCUT2D eigenvalue weighted by atomic mass is 9.88. The number of nitrogens with zero attached hydrogens (tertiary/aromatic N) is 9. The Morgan fingerprint density at radius 3 is 1.29 bits per heavy atom. The van der Waals surface area contributed by atoms with Crippen molar-refractivity contribution in [3.05, 3.63) is 204 Å². The van der Waals surface area contributed by atoms with Gasteiger partial charge >= 0.3 is 0 Å². The summed E-state index contributed by atoms with van der Waals surface area (Å²) >= 11 is 0. The van der Waals surface area contributed by atoms with E-state index in [4.69, 9.17) is 9.47 Å². The van der Waals surface area contributed by atoms with Gasteiger partial charge in [0, 0.05) is 93.1 Å². The molecule has 0 amide bonds. The average Bonchev–Trinajstić information content (AvgIpc) is 1.68. The van der Waals surface area contributed by atoms with Gasteiger partial charge in [0.1, 0.15) is 23.1 Å². The first-order chi connectivity index (χ1) is 45.1. The topological polar surface area (TPSA) is 189 Å². The predicted molar refractivity (Wildman–Crippen MR) is 342 cm³/mol. The molecule has 0 atom stereocenters. The Balaban J connectivity index is 0.000000170. The van der Waals surface area contributed by atoms with Crippen molar-refractivity contribution in [1.29, 1.82) is 0 Å². The van der Waals surface area contributed by atoms with E-state index in [1.807, 2.05) is 46.3 Å². The van der Waals surface area contributed by atoms with Gasteiger partial charge in [-0.2, -0.15) is 10.2 Å². The summed E-state index contributed by atoms with van der Waals surface area (Å²) in [5.41, 5.74) is 4.71. The molecule has 4 fully saturated rings. The summed E-state index contributed by atoms with van der Waals surface area (Å²) in [7, 11) is 0. The van der Waals surface area contributed by atoms with Crippen LogP contribution >= 0.6 is 0 Å². The van der Waals surface area contributed by atoms with Crippen LogP contribution < -0.4 is 14.8 Å². The third kappa shape index (κ3) is 13.8. The van der Waals surface area contributed by atoms with Crippen molar-refractivity contribution in [2.24, 2.45) is 10.8 Å². The molecule has 474 valence electrons. The van der Waals surface area contributed by atoms with Crippen LogP contribution in [0.5, 0.6) is 23.0 Å². The van der Waals surface area contributed by atoms with E-state index in [0.29, 0.717) is 99.4 Å². The molecule has 20 heteroatoms. The van der Waals surface area contributed by atoms with E-state index in [-0.39, 0.29) is 71.9 Å². The minimum absolute atomic E-state index is 0.000421. The second-order valence-corrected chi connectivity index (χ2v) is 25.1. The van der Waals surface area contributed by atoms with Crippen molar-refractivity contribution in [2.45, 2.75) is 109 Å². The zero-order valence-electron chi connectivity index (χ0n) is 51.5. The summed E-state index contributed by atoms with van der Waals surface area (Å²) in [6.45, 7) is 8.53. The summed E-state index contributed by atoms with van der Waals surface area (Å²) in [6.07, 6.45) is 20.3. The van der Waals surface area contributed by atoms with Crippen molar-refractivity contribution in [2.75, 3.05) is 26.2 Å². The van der Waals surface area contributed by atoms with Crippen LogP contribution in [0.2, 0.25) is 0 Å². The van der Waals surface area contributed by atoms with Gasteiger partial charge in [-0.3, -0.25) is 48.5 Å². The number of ketones is 4. The Morgan fingerprint density at radius 2 is 0.892 bits per heavy atom. The highest BCUT2D eigenvalue weighted by Gasteiger charge is 2.55. The van der Waals surface area contributed by atoms with Crippen LogP contribution in [0.1, 0.15) is 99.6 Å². The lowest BCUT2D eigenvalue weighted by Crippen LogP contribution is -2.39. The summed E-state index contributed by atoms with van der Waals surface area (Å²) in [6, 6.07) is 28.5. The molecule has 2 saturated heterocycles. The van der Waals surface area contributed by atoms with Crippen molar-refractivity contribution in [1.82, 2.24) is 49.7 Å². The fourth-order valence-corrected chi connectivity index (χ4v) is 12.6. The molecule has 0 spiro atoms. The number of likely N-dealkylation sites (tertiary alicyclic amines) is 1. The molecule has 16 nitrogen and oxygen atoms in total. The van der Waals surface area contributed by atoms with Crippen LogP contribution in [0.25, 0.3) is 44.3 Å². The summed E-state index contributed by atoms with van der Waals surface area (Å²) < 4.78 is 73.0. The van der Waals surface area contributed by atoms with Gasteiger partial charge in [0.15, 0.2) is 46.3 Å². The second kappa shape index (κ2) is 26.5. The summed E-state index contributed by atoms with van der Waals surface area (Å²) in [5, 5.41) is 13.8. The third-order valence-electron chi connectivity index (χ3n) is 18.6. The van der Waals surface area contributed by atoms with Crippen molar-refractivity contribution >= 4 is 44.9 Å². The smallest absolute Gasteiger partial charge is 0.166 e. The maximum absolute atomic E-state index is 15.3. The summed E-state index contributed by atoms with van der Waals surface area (Å²) in [5.74, 6) is -2.03. The molecule has 4 aliphatic rings. The monoisotopic (exact) mass is 1260 g/mol. The number of ether oxygens (including phenoxy) is 2. The minimum atomic E-state index is -1.05. The predicted octanol–water partition coefficient (Wildman–Crippen LogP) is 13.5. The zero-order chi connectivity index (χ0) is 64.4. The SMILES string of the molecule is CC(C)N1CCC(n2cc(-c3cc4nccc(Oc5ccc(CC(=O)C6(C(=O)Cc7ccc(F)cc7)CC6)cc5F)c4cn3)cn2)CC1.O=C(Cc1ccc(F)cc1)C1(C(=O)Cc2ccc(Oc3ccnc4cc(-c5cnn(C6CCNCC6)c5)ncc34)c(F)c2)CC1. The standard InChI is InChI=1S/C38H37F2N5O3.C35H31F2N5O3/c1-24(2)44-15-10-29(11-16-44)45-23-27(21-43-45)32-20-33-30(22-42-32)34(9-14-41-33)48-35-8-5-26(17-31(35)40)19-37(47)38(12-13-38)36(46)18-25-3-6-28(39)7-4-25;36-25-4-1-22(2-5-25)16-33(43)35(10-11-35)34(44)17-23-3-6-32(28(37)15-23)45-31-9-14-39-30-18-29(40-20-27(30)31)24-19-41-42(21-24)26-7-12-38-13-8-26/h3-9,14,17,20-24,29H,10-13,15-16,18-19H2,1-2H3;1-6,9,14-15,18-21,26,38H,7-8,10-13,16-17H2. The van der Waals surface area contributed by atoms with Crippen LogP contribution in [0, 0.1) is 34.1 Å². The molecule has 93 heavy (non-hydrogen) atoms. The van der Waals surface area contributed by atoms with E-state index >= 15 is 8.78 Å². The quantitative estimate of drug-likeness (QED) is 0.0528. The van der Waals surface area contributed by atoms with Gasteiger partial charge in [0.2, 0.25) is 0 Å². The number of carbonyl (C=O) groups excluding carboxylic acids is 4. The van der Waals surface area contributed by atoms with Gasteiger partial charge in [0.05, 0.1) is 68.5 Å². The first-order valence-corrected chi connectivity index (χ1v) is 31.6. The molecule has 2 aliphatic carbocycles. The number of hydrogen-bond donors (Lipinski definition) is 1. The average molecular weight is 1260 g/mol. The molecule has 14 rings (SSSR count). The number of Topliss-reactive ketones (excluding diaryl/α,β-unsaturated/α-hetero) is 4. The highest BCUT2D eigenvalue weighted by atomic mass is 19.1. The first kappa shape index (κ1) is 62.2. The second-order valence-electron chi connectivity index (χ2n) is 25.1. The van der Waals surface area contributed by atoms with Crippen molar-refractivity contribution < 1.29 is 46.2 Å². The van der Waals surface area contributed by atoms with Gasteiger partial charge in [-0.05, 0) is 173 Å². The van der Waals surface area contributed by atoms with Crippen LogP contribution in [0.3, 0.4) is 0 Å². The van der Waals surface area contributed by atoms with E-state index < -0.39 is 22.5 Å². The first-order valence-electron chi connectivity index (χ1n) is 31.6. The number of hydrogen-bond acceptors (Lipinski definition) is 14. The lowest BCUT2D eigenvalue weighted by molar-refractivity contribution is -0.135. The van der Waals surface area contributed by atoms with E-state index in [1.165, 1.54) is 48.5 Å². The number of nitrogens with one attached hydrogen (secondary N) is 1. The zero-order valence-corrected chi connectivity index (χ0v) is 51.5. The maximum atomic E-state index is 15.3. The molecule has 6 aromatic heterocycles. The van der Waals surface area contributed by atoms with Crippen LogP contribution in [0.4, 0.5) is 17.6 Å². The Kier molecular flexibility index (Phi) is 17.7. The van der Waals surface area contributed by atoms with Crippen molar-refractivity contribution in [3.8, 4) is 45.5 Å². The Morgan fingerprint density at radius 1 is 0.495 bits per heavy atom. The molecule has 8 heterocycles. The highest BCUT2D eigenvalue weighted by Crippen LogP contribution is 2.50. The minimum Gasteiger partial charge on any atom is -0.453 e. The molecule has 1 N–H and O–H groups in total.